The molecular formula is C19H18FN3OS. The van der Waals surface area contributed by atoms with Crippen molar-refractivity contribution in [2.45, 2.75) is 24.3 Å². The van der Waals surface area contributed by atoms with E-state index in [0.29, 0.717) is 5.56 Å². The molecule has 0 unspecified atom stereocenters. The second kappa shape index (κ2) is 6.19. The maximum atomic E-state index is 13.6. The van der Waals surface area contributed by atoms with Crippen molar-refractivity contribution in [2.75, 3.05) is 5.75 Å². The van der Waals surface area contributed by atoms with Crippen LogP contribution in [0.5, 0.6) is 0 Å². The molecule has 0 spiro atoms. The number of nitrogens with one attached hydrogen (secondary N) is 1. The number of aryl methyl sites for hydroxylation is 2. The number of carbonyl (C=O) groups excluding carboxylic acids is 1. The molecule has 1 aliphatic rings. The average Bonchev–Trinajstić information content (AvgIpc) is 2.89. The smallest absolute Gasteiger partial charge is 0.251 e. The van der Waals surface area contributed by atoms with Crippen LogP contribution in [0.1, 0.15) is 34.2 Å². The fourth-order valence-corrected chi connectivity index (χ4v) is 4.32. The summed E-state index contributed by atoms with van der Waals surface area (Å²) in [6.45, 7) is 1.94. The lowest BCUT2D eigenvalue weighted by Gasteiger charge is -2.26. The Labute approximate surface area is 149 Å². The molecule has 0 saturated carbocycles. The summed E-state index contributed by atoms with van der Waals surface area (Å²) < 4.78 is 15.6. The first-order chi connectivity index (χ1) is 12.0. The summed E-state index contributed by atoms with van der Waals surface area (Å²) in [4.78, 5) is 18.2. The van der Waals surface area contributed by atoms with E-state index in [-0.39, 0.29) is 17.8 Å². The van der Waals surface area contributed by atoms with Gasteiger partial charge in [0.2, 0.25) is 0 Å². The van der Waals surface area contributed by atoms with Crippen molar-refractivity contribution >= 4 is 28.7 Å². The predicted molar refractivity (Wildman–Crippen MR) is 97.4 cm³/mol. The van der Waals surface area contributed by atoms with Crippen molar-refractivity contribution < 1.29 is 9.18 Å². The van der Waals surface area contributed by atoms with Gasteiger partial charge >= 0.3 is 0 Å². The first-order valence-electron chi connectivity index (χ1n) is 8.19. The van der Waals surface area contributed by atoms with Gasteiger partial charge < -0.3 is 9.88 Å². The molecule has 1 atom stereocenters. The third-order valence-corrected chi connectivity index (χ3v) is 5.81. The van der Waals surface area contributed by atoms with Crippen molar-refractivity contribution in [3.05, 3.63) is 59.2 Å². The lowest BCUT2D eigenvalue weighted by Crippen LogP contribution is -2.30. The van der Waals surface area contributed by atoms with Crippen molar-refractivity contribution in [3.8, 4) is 0 Å². The van der Waals surface area contributed by atoms with Crippen molar-refractivity contribution in [2.24, 2.45) is 7.05 Å². The molecule has 3 aromatic rings. The quantitative estimate of drug-likeness (QED) is 0.756. The number of hydrogen-bond acceptors (Lipinski definition) is 3. The van der Waals surface area contributed by atoms with Crippen LogP contribution in [0.2, 0.25) is 0 Å². The van der Waals surface area contributed by atoms with Gasteiger partial charge in [0.05, 0.1) is 17.1 Å². The maximum absolute atomic E-state index is 13.6. The lowest BCUT2D eigenvalue weighted by atomic mass is 10.0. The van der Waals surface area contributed by atoms with Crippen molar-refractivity contribution in [3.63, 3.8) is 0 Å². The van der Waals surface area contributed by atoms with Gasteiger partial charge in [-0.2, -0.15) is 0 Å². The molecule has 0 saturated heterocycles. The minimum Gasteiger partial charge on any atom is -0.345 e. The molecule has 6 heteroatoms. The van der Waals surface area contributed by atoms with E-state index in [1.165, 1.54) is 12.1 Å². The number of benzene rings is 2. The Morgan fingerprint density at radius 3 is 3.00 bits per heavy atom. The van der Waals surface area contributed by atoms with Gasteiger partial charge in [-0.05, 0) is 55.3 Å². The Hall–Kier alpha value is -2.34. The fraction of sp³-hybridized carbons (Fsp3) is 0.263. The Bertz CT molecular complexity index is 982. The van der Waals surface area contributed by atoms with Gasteiger partial charge in [0.25, 0.3) is 5.91 Å². The van der Waals surface area contributed by atoms with E-state index in [0.717, 1.165) is 39.5 Å². The highest BCUT2D eigenvalue weighted by Gasteiger charge is 2.23. The van der Waals surface area contributed by atoms with Gasteiger partial charge in [0.1, 0.15) is 11.6 Å². The van der Waals surface area contributed by atoms with Crippen LogP contribution in [0.3, 0.4) is 0 Å². The topological polar surface area (TPSA) is 46.9 Å². The van der Waals surface area contributed by atoms with Gasteiger partial charge in [-0.1, -0.05) is 0 Å². The van der Waals surface area contributed by atoms with E-state index in [1.807, 2.05) is 36.7 Å². The lowest BCUT2D eigenvalue weighted by molar-refractivity contribution is 0.0935. The molecule has 0 radical (unpaired) electrons. The standard InChI is InChI=1S/C19H18FN3OS/c1-11-21-16-9-12(3-5-17(16)23(11)2)19(24)22-15-7-8-25-18-6-4-13(20)10-14(15)18/h3-6,9-10,15H,7-8H2,1-2H3,(H,22,24)/t15-/m0/s1. The number of thioether (sulfide) groups is 1. The van der Waals surface area contributed by atoms with Crippen LogP contribution >= 0.6 is 11.8 Å². The summed E-state index contributed by atoms with van der Waals surface area (Å²) in [5.41, 5.74) is 3.23. The van der Waals surface area contributed by atoms with Crippen LogP contribution in [0, 0.1) is 12.7 Å². The SMILES string of the molecule is Cc1nc2cc(C(=O)N[C@H]3CCSc4ccc(F)cc43)ccc2n1C. The first-order valence-corrected chi connectivity index (χ1v) is 9.17. The van der Waals surface area contributed by atoms with Gasteiger partial charge in [-0.15, -0.1) is 11.8 Å². The Morgan fingerprint density at radius 1 is 1.32 bits per heavy atom. The van der Waals surface area contributed by atoms with Gasteiger partial charge in [-0.25, -0.2) is 9.37 Å². The van der Waals surface area contributed by atoms with E-state index in [4.69, 9.17) is 0 Å². The number of hydrogen-bond donors (Lipinski definition) is 1. The van der Waals surface area contributed by atoms with Crippen molar-refractivity contribution in [1.82, 2.24) is 14.9 Å². The third kappa shape index (κ3) is 2.91. The summed E-state index contributed by atoms with van der Waals surface area (Å²) in [6, 6.07) is 10.1. The zero-order valence-corrected chi connectivity index (χ0v) is 14.9. The first kappa shape index (κ1) is 16.1. The molecule has 2 heterocycles. The molecule has 0 bridgehead atoms. The fourth-order valence-electron chi connectivity index (χ4n) is 3.22. The predicted octanol–water partition coefficient (Wildman–Crippen LogP) is 3.99. The van der Waals surface area contributed by atoms with E-state index in [1.54, 1.807) is 17.8 Å². The van der Waals surface area contributed by atoms with E-state index >= 15 is 0 Å². The summed E-state index contributed by atoms with van der Waals surface area (Å²) in [5, 5.41) is 3.05. The molecule has 4 rings (SSSR count). The highest BCUT2D eigenvalue weighted by Crippen LogP contribution is 2.36. The van der Waals surface area contributed by atoms with E-state index in [2.05, 4.69) is 10.3 Å². The van der Waals surface area contributed by atoms with Crippen LogP contribution in [0.15, 0.2) is 41.3 Å². The molecule has 1 N–H and O–H groups in total. The monoisotopic (exact) mass is 355 g/mol. The van der Waals surface area contributed by atoms with Crippen molar-refractivity contribution in [1.29, 1.82) is 0 Å². The second-order valence-electron chi connectivity index (χ2n) is 6.27. The highest BCUT2D eigenvalue weighted by atomic mass is 32.2. The number of fused-ring (bicyclic) bond motifs is 2. The summed E-state index contributed by atoms with van der Waals surface area (Å²) >= 11 is 1.70. The molecular weight excluding hydrogens is 337 g/mol. The molecule has 4 nitrogen and oxygen atoms in total. The summed E-state index contributed by atoms with van der Waals surface area (Å²) in [7, 11) is 1.95. The zero-order chi connectivity index (χ0) is 17.6. The minimum atomic E-state index is -0.272. The van der Waals surface area contributed by atoms with Crippen LogP contribution < -0.4 is 5.32 Å². The largest absolute Gasteiger partial charge is 0.345 e. The molecule has 1 aromatic heterocycles. The Kier molecular flexibility index (Phi) is 4.00. The van der Waals surface area contributed by atoms with E-state index < -0.39 is 0 Å². The van der Waals surface area contributed by atoms with Crippen LogP contribution in [-0.2, 0) is 7.05 Å². The third-order valence-electron chi connectivity index (χ3n) is 4.68. The molecule has 25 heavy (non-hydrogen) atoms. The number of halogens is 1. The Balaban J connectivity index is 1.62. The molecule has 0 fully saturated rings. The van der Waals surface area contributed by atoms with Gasteiger partial charge in [-0.3, -0.25) is 4.79 Å². The summed E-state index contributed by atoms with van der Waals surface area (Å²) in [6.07, 6.45) is 0.789. The van der Waals surface area contributed by atoms with Crippen LogP contribution in [-0.4, -0.2) is 21.2 Å². The zero-order valence-electron chi connectivity index (χ0n) is 14.0. The highest BCUT2D eigenvalue weighted by molar-refractivity contribution is 7.99. The molecule has 128 valence electrons. The van der Waals surface area contributed by atoms with Crippen LogP contribution in [0.25, 0.3) is 11.0 Å². The normalized spacial score (nSPS) is 16.7. The molecule has 2 aromatic carbocycles. The molecule has 1 aliphatic heterocycles. The number of imidazole rings is 1. The number of rotatable bonds is 2. The number of amides is 1. The van der Waals surface area contributed by atoms with E-state index in [9.17, 15) is 9.18 Å². The maximum Gasteiger partial charge on any atom is 0.251 e. The number of aromatic nitrogens is 2. The summed E-state index contributed by atoms with van der Waals surface area (Å²) in [5.74, 6) is 1.38. The minimum absolute atomic E-state index is 0.155. The average molecular weight is 355 g/mol. The Morgan fingerprint density at radius 2 is 2.16 bits per heavy atom. The molecule has 1 amide bonds. The van der Waals surface area contributed by atoms with Gasteiger partial charge in [0, 0.05) is 23.3 Å². The molecule has 0 aliphatic carbocycles. The second-order valence-corrected chi connectivity index (χ2v) is 7.40. The number of carbonyl (C=O) groups is 1. The van der Waals surface area contributed by atoms with Gasteiger partial charge in [0.15, 0.2) is 0 Å². The number of nitrogens with zero attached hydrogens (tertiary/aromatic N) is 2. The van der Waals surface area contributed by atoms with Crippen LogP contribution in [0.4, 0.5) is 4.39 Å².